The molecule has 0 aromatic carbocycles. The Morgan fingerprint density at radius 2 is 1.92 bits per heavy atom. The maximum Gasteiger partial charge on any atom is 0.0540 e. The molecule has 0 bridgehead atoms. The van der Waals surface area contributed by atoms with Gasteiger partial charge in [0.05, 0.1) is 6.10 Å². The highest BCUT2D eigenvalue weighted by Crippen LogP contribution is 2.28. The molecular formula is C10H21NO. The fourth-order valence-corrected chi connectivity index (χ4v) is 2.05. The fourth-order valence-electron chi connectivity index (χ4n) is 2.05. The van der Waals surface area contributed by atoms with Gasteiger partial charge in [-0.05, 0) is 50.5 Å². The first-order valence-corrected chi connectivity index (χ1v) is 5.10. The quantitative estimate of drug-likeness (QED) is 0.676. The molecule has 0 saturated heterocycles. The highest BCUT2D eigenvalue weighted by atomic mass is 16.3. The van der Waals surface area contributed by atoms with Crippen molar-refractivity contribution < 1.29 is 5.11 Å². The molecule has 3 N–H and O–H groups in total. The van der Waals surface area contributed by atoms with E-state index in [0.29, 0.717) is 5.92 Å². The second-order valence-corrected chi connectivity index (χ2v) is 4.25. The molecule has 0 amide bonds. The van der Waals surface area contributed by atoms with Gasteiger partial charge in [0.25, 0.3) is 0 Å². The van der Waals surface area contributed by atoms with Crippen LogP contribution in [0.25, 0.3) is 0 Å². The summed E-state index contributed by atoms with van der Waals surface area (Å²) in [6, 6.07) is 0. The second kappa shape index (κ2) is 4.83. The van der Waals surface area contributed by atoms with Crippen molar-refractivity contribution in [1.82, 2.24) is 0 Å². The summed E-state index contributed by atoms with van der Waals surface area (Å²) in [5, 5.41) is 9.29. The molecule has 0 spiro atoms. The van der Waals surface area contributed by atoms with Crippen LogP contribution in [0.4, 0.5) is 0 Å². The molecule has 1 aliphatic rings. The minimum Gasteiger partial charge on any atom is -0.393 e. The number of hydrogen-bond donors (Lipinski definition) is 2. The summed E-state index contributed by atoms with van der Waals surface area (Å²) in [4.78, 5) is 0. The van der Waals surface area contributed by atoms with Crippen LogP contribution >= 0.6 is 0 Å². The Bertz CT molecular complexity index is 119. The van der Waals surface area contributed by atoms with Crippen LogP contribution in [0.15, 0.2) is 0 Å². The molecule has 0 radical (unpaired) electrons. The third-order valence-electron chi connectivity index (χ3n) is 2.95. The molecule has 0 heterocycles. The summed E-state index contributed by atoms with van der Waals surface area (Å²) in [6.45, 7) is 3.02. The molecule has 72 valence electrons. The van der Waals surface area contributed by atoms with Gasteiger partial charge in [-0.15, -0.1) is 0 Å². The van der Waals surface area contributed by atoms with Gasteiger partial charge in [0.2, 0.25) is 0 Å². The van der Waals surface area contributed by atoms with E-state index in [0.717, 1.165) is 25.3 Å². The molecule has 0 aliphatic heterocycles. The van der Waals surface area contributed by atoms with Crippen molar-refractivity contribution in [2.75, 3.05) is 6.54 Å². The van der Waals surface area contributed by atoms with Gasteiger partial charge >= 0.3 is 0 Å². The highest BCUT2D eigenvalue weighted by Gasteiger charge is 2.20. The lowest BCUT2D eigenvalue weighted by Crippen LogP contribution is -2.22. The largest absolute Gasteiger partial charge is 0.393 e. The standard InChI is InChI=1S/C10H21NO/c1-8(7-11)6-9-2-4-10(12)5-3-9/h8-10,12H,2-7,11H2,1H3. The Morgan fingerprint density at radius 3 is 2.42 bits per heavy atom. The molecule has 2 nitrogen and oxygen atoms in total. The van der Waals surface area contributed by atoms with Crippen LogP contribution in [-0.2, 0) is 0 Å². The molecule has 1 saturated carbocycles. The first kappa shape index (κ1) is 10.0. The van der Waals surface area contributed by atoms with Crippen LogP contribution < -0.4 is 5.73 Å². The molecule has 2 heteroatoms. The molecule has 1 aliphatic carbocycles. The predicted molar refractivity (Wildman–Crippen MR) is 50.8 cm³/mol. The van der Waals surface area contributed by atoms with Gasteiger partial charge in [0.15, 0.2) is 0 Å². The van der Waals surface area contributed by atoms with Crippen LogP contribution in [0.5, 0.6) is 0 Å². The lowest BCUT2D eigenvalue weighted by Gasteiger charge is -2.27. The monoisotopic (exact) mass is 171 g/mol. The zero-order chi connectivity index (χ0) is 8.97. The lowest BCUT2D eigenvalue weighted by atomic mass is 9.82. The topological polar surface area (TPSA) is 46.2 Å². The van der Waals surface area contributed by atoms with Crippen molar-refractivity contribution in [3.8, 4) is 0 Å². The smallest absolute Gasteiger partial charge is 0.0540 e. The fraction of sp³-hybridized carbons (Fsp3) is 1.00. The van der Waals surface area contributed by atoms with Gasteiger partial charge in [0, 0.05) is 0 Å². The van der Waals surface area contributed by atoms with Crippen LogP contribution in [-0.4, -0.2) is 17.8 Å². The second-order valence-electron chi connectivity index (χ2n) is 4.25. The van der Waals surface area contributed by atoms with Crippen molar-refractivity contribution in [2.45, 2.75) is 45.1 Å². The van der Waals surface area contributed by atoms with Crippen LogP contribution in [0.2, 0.25) is 0 Å². The third kappa shape index (κ3) is 3.11. The zero-order valence-electron chi connectivity index (χ0n) is 8.00. The maximum absolute atomic E-state index is 9.29. The first-order chi connectivity index (χ1) is 5.72. The Balaban J connectivity index is 2.17. The van der Waals surface area contributed by atoms with Crippen LogP contribution in [0, 0.1) is 11.8 Å². The van der Waals surface area contributed by atoms with E-state index < -0.39 is 0 Å². The molecule has 12 heavy (non-hydrogen) atoms. The maximum atomic E-state index is 9.29. The SMILES string of the molecule is CC(CN)CC1CCC(O)CC1. The average Bonchev–Trinajstić information content (AvgIpc) is 2.09. The van der Waals surface area contributed by atoms with Crippen LogP contribution in [0.3, 0.4) is 0 Å². The predicted octanol–water partition coefficient (Wildman–Crippen LogP) is 1.52. The Labute approximate surface area is 75.2 Å². The van der Waals surface area contributed by atoms with Gasteiger partial charge in [-0.1, -0.05) is 6.92 Å². The molecular weight excluding hydrogens is 150 g/mol. The number of rotatable bonds is 3. The van der Waals surface area contributed by atoms with E-state index in [1.165, 1.54) is 19.3 Å². The first-order valence-electron chi connectivity index (χ1n) is 5.10. The van der Waals surface area contributed by atoms with E-state index in [2.05, 4.69) is 6.92 Å². The van der Waals surface area contributed by atoms with Crippen molar-refractivity contribution >= 4 is 0 Å². The minimum absolute atomic E-state index is 0.0190. The van der Waals surface area contributed by atoms with Crippen molar-refractivity contribution in [1.29, 1.82) is 0 Å². The molecule has 0 aromatic rings. The van der Waals surface area contributed by atoms with Crippen LogP contribution in [0.1, 0.15) is 39.0 Å². The van der Waals surface area contributed by atoms with Crippen molar-refractivity contribution in [3.63, 3.8) is 0 Å². The lowest BCUT2D eigenvalue weighted by molar-refractivity contribution is 0.102. The number of aliphatic hydroxyl groups is 1. The minimum atomic E-state index is -0.0190. The summed E-state index contributed by atoms with van der Waals surface area (Å²) < 4.78 is 0. The molecule has 1 rings (SSSR count). The number of aliphatic hydroxyl groups excluding tert-OH is 1. The third-order valence-corrected chi connectivity index (χ3v) is 2.95. The molecule has 1 fully saturated rings. The van der Waals surface area contributed by atoms with E-state index in [-0.39, 0.29) is 6.10 Å². The summed E-state index contributed by atoms with van der Waals surface area (Å²) >= 11 is 0. The normalized spacial score (nSPS) is 33.2. The Kier molecular flexibility index (Phi) is 4.02. The van der Waals surface area contributed by atoms with Gasteiger partial charge < -0.3 is 10.8 Å². The number of hydrogen-bond acceptors (Lipinski definition) is 2. The van der Waals surface area contributed by atoms with E-state index in [9.17, 15) is 5.11 Å². The van der Waals surface area contributed by atoms with E-state index in [1.54, 1.807) is 0 Å². The summed E-state index contributed by atoms with van der Waals surface area (Å²) in [5.74, 6) is 1.48. The van der Waals surface area contributed by atoms with E-state index in [1.807, 2.05) is 0 Å². The van der Waals surface area contributed by atoms with Crippen molar-refractivity contribution in [3.05, 3.63) is 0 Å². The van der Waals surface area contributed by atoms with Crippen molar-refractivity contribution in [2.24, 2.45) is 17.6 Å². The van der Waals surface area contributed by atoms with Gasteiger partial charge in [-0.25, -0.2) is 0 Å². The van der Waals surface area contributed by atoms with Gasteiger partial charge in [-0.3, -0.25) is 0 Å². The zero-order valence-corrected chi connectivity index (χ0v) is 8.00. The molecule has 1 atom stereocenters. The average molecular weight is 171 g/mol. The highest BCUT2D eigenvalue weighted by molar-refractivity contribution is 4.73. The van der Waals surface area contributed by atoms with E-state index >= 15 is 0 Å². The Hall–Kier alpha value is -0.0800. The van der Waals surface area contributed by atoms with E-state index in [4.69, 9.17) is 5.73 Å². The van der Waals surface area contributed by atoms with Gasteiger partial charge in [-0.2, -0.15) is 0 Å². The summed E-state index contributed by atoms with van der Waals surface area (Å²) in [6.07, 6.45) is 5.64. The summed E-state index contributed by atoms with van der Waals surface area (Å²) in [5.41, 5.74) is 5.57. The molecule has 0 aromatic heterocycles. The Morgan fingerprint density at radius 1 is 1.33 bits per heavy atom. The van der Waals surface area contributed by atoms with Gasteiger partial charge in [0.1, 0.15) is 0 Å². The summed E-state index contributed by atoms with van der Waals surface area (Å²) in [7, 11) is 0. The molecule has 1 unspecified atom stereocenters. The number of nitrogens with two attached hydrogens (primary N) is 1.